The number of nitrogens with one attached hydrogen (secondary N) is 2. The van der Waals surface area contributed by atoms with Crippen LogP contribution in [0.5, 0.6) is 0 Å². The van der Waals surface area contributed by atoms with Crippen LogP contribution >= 0.6 is 0 Å². The highest BCUT2D eigenvalue weighted by Crippen LogP contribution is 2.08. The van der Waals surface area contributed by atoms with Gasteiger partial charge in [0, 0.05) is 26.7 Å². The highest BCUT2D eigenvalue weighted by molar-refractivity contribution is 5.86. The monoisotopic (exact) mass is 282 g/mol. The van der Waals surface area contributed by atoms with Crippen LogP contribution in [0.25, 0.3) is 0 Å². The van der Waals surface area contributed by atoms with Gasteiger partial charge in [-0.2, -0.15) is 0 Å². The Morgan fingerprint density at radius 3 is 2.50 bits per heavy atom. The molecule has 0 radical (unpaired) electrons. The quantitative estimate of drug-likeness (QED) is 0.425. The molecule has 1 fully saturated rings. The Morgan fingerprint density at radius 1 is 1.10 bits per heavy atom. The number of aliphatic imine (C=N–C) groups is 1. The van der Waals surface area contributed by atoms with Crippen molar-refractivity contribution in [1.29, 1.82) is 0 Å². The van der Waals surface area contributed by atoms with Crippen molar-refractivity contribution in [2.45, 2.75) is 51.9 Å². The molecule has 1 saturated heterocycles. The number of hydrogen-bond donors (Lipinski definition) is 2. The van der Waals surface area contributed by atoms with Crippen molar-refractivity contribution in [3.63, 3.8) is 0 Å². The van der Waals surface area contributed by atoms with E-state index in [0.717, 1.165) is 44.9 Å². The number of likely N-dealkylation sites (tertiary alicyclic amines) is 1. The van der Waals surface area contributed by atoms with E-state index in [4.69, 9.17) is 0 Å². The maximum atomic E-state index is 12.0. The largest absolute Gasteiger partial charge is 0.356 e. The van der Waals surface area contributed by atoms with Gasteiger partial charge in [-0.25, -0.2) is 0 Å². The van der Waals surface area contributed by atoms with Crippen molar-refractivity contribution < 1.29 is 4.79 Å². The molecular weight excluding hydrogens is 252 g/mol. The molecule has 2 N–H and O–H groups in total. The zero-order chi connectivity index (χ0) is 14.6. The summed E-state index contributed by atoms with van der Waals surface area (Å²) in [6.07, 6.45) is 8.44. The Kier molecular flexibility index (Phi) is 8.83. The fraction of sp³-hybridized carbons (Fsp3) is 0.867. The molecule has 0 atom stereocenters. The third kappa shape index (κ3) is 6.78. The molecule has 5 nitrogen and oxygen atoms in total. The minimum atomic E-state index is 0.179. The molecule has 1 aliphatic rings. The normalized spacial score (nSPS) is 16.1. The zero-order valence-electron chi connectivity index (χ0n) is 13.1. The molecule has 116 valence electrons. The first-order chi connectivity index (χ1) is 9.77. The summed E-state index contributed by atoms with van der Waals surface area (Å²) in [6.45, 7) is 5.28. The Bertz CT molecular complexity index is 298. The second-order valence-corrected chi connectivity index (χ2v) is 5.35. The molecule has 0 bridgehead atoms. The fourth-order valence-electron chi connectivity index (χ4n) is 2.39. The zero-order valence-corrected chi connectivity index (χ0v) is 13.1. The number of piperidine rings is 1. The molecule has 1 amide bonds. The number of guanidine groups is 1. The van der Waals surface area contributed by atoms with Gasteiger partial charge in [0.15, 0.2) is 5.96 Å². The van der Waals surface area contributed by atoms with Crippen molar-refractivity contribution in [3.05, 3.63) is 0 Å². The van der Waals surface area contributed by atoms with E-state index in [9.17, 15) is 4.79 Å². The van der Waals surface area contributed by atoms with E-state index in [1.54, 1.807) is 7.05 Å². The molecule has 0 aromatic carbocycles. The van der Waals surface area contributed by atoms with E-state index < -0.39 is 0 Å². The van der Waals surface area contributed by atoms with Crippen LogP contribution in [-0.4, -0.2) is 50.0 Å². The van der Waals surface area contributed by atoms with Crippen molar-refractivity contribution >= 4 is 11.9 Å². The first-order valence-electron chi connectivity index (χ1n) is 8.00. The molecule has 0 spiro atoms. The van der Waals surface area contributed by atoms with Gasteiger partial charge in [0.25, 0.3) is 0 Å². The summed E-state index contributed by atoms with van der Waals surface area (Å²) in [6, 6.07) is 0. The second-order valence-electron chi connectivity index (χ2n) is 5.35. The number of hydrogen-bond acceptors (Lipinski definition) is 2. The van der Waals surface area contributed by atoms with Crippen LogP contribution in [0.15, 0.2) is 4.99 Å². The summed E-state index contributed by atoms with van der Waals surface area (Å²) in [5, 5.41) is 6.36. The van der Waals surface area contributed by atoms with Gasteiger partial charge in [0.05, 0.1) is 6.54 Å². The maximum Gasteiger partial charge on any atom is 0.241 e. The lowest BCUT2D eigenvalue weighted by atomic mass is 10.1. The number of rotatable bonds is 7. The van der Waals surface area contributed by atoms with Gasteiger partial charge in [0.2, 0.25) is 5.91 Å². The lowest BCUT2D eigenvalue weighted by molar-refractivity contribution is -0.130. The number of amides is 1. The van der Waals surface area contributed by atoms with Crippen LogP contribution in [0, 0.1) is 0 Å². The lowest BCUT2D eigenvalue weighted by Crippen LogP contribution is -2.46. The molecule has 5 heteroatoms. The average Bonchev–Trinajstić information content (AvgIpc) is 2.50. The fourth-order valence-corrected chi connectivity index (χ4v) is 2.39. The van der Waals surface area contributed by atoms with Crippen LogP contribution in [-0.2, 0) is 4.79 Å². The number of nitrogens with zero attached hydrogens (tertiary/aromatic N) is 2. The Hall–Kier alpha value is -1.26. The summed E-state index contributed by atoms with van der Waals surface area (Å²) >= 11 is 0. The third-order valence-electron chi connectivity index (χ3n) is 3.66. The van der Waals surface area contributed by atoms with E-state index >= 15 is 0 Å². The third-order valence-corrected chi connectivity index (χ3v) is 3.66. The second kappa shape index (κ2) is 10.5. The molecule has 0 aromatic heterocycles. The minimum Gasteiger partial charge on any atom is -0.356 e. The van der Waals surface area contributed by atoms with Gasteiger partial charge in [-0.15, -0.1) is 0 Å². The molecule has 0 saturated carbocycles. The van der Waals surface area contributed by atoms with Crippen molar-refractivity contribution in [3.8, 4) is 0 Å². The molecule has 1 aliphatic heterocycles. The summed E-state index contributed by atoms with van der Waals surface area (Å²) in [7, 11) is 1.74. The molecule has 1 heterocycles. The standard InChI is InChI=1S/C15H30N4O/c1-3-4-5-7-10-17-15(16-2)18-13-14(20)19-11-8-6-9-12-19/h3-13H2,1-2H3,(H2,16,17,18). The molecule has 20 heavy (non-hydrogen) atoms. The lowest BCUT2D eigenvalue weighted by Gasteiger charge is -2.27. The van der Waals surface area contributed by atoms with Gasteiger partial charge in [-0.05, 0) is 25.7 Å². The van der Waals surface area contributed by atoms with E-state index in [1.807, 2.05) is 4.90 Å². The van der Waals surface area contributed by atoms with Gasteiger partial charge in [0.1, 0.15) is 0 Å². The maximum absolute atomic E-state index is 12.0. The number of carbonyl (C=O) groups excluding carboxylic acids is 1. The first kappa shape index (κ1) is 16.8. The van der Waals surface area contributed by atoms with E-state index in [0.29, 0.717) is 6.54 Å². The first-order valence-corrected chi connectivity index (χ1v) is 8.00. The Morgan fingerprint density at radius 2 is 1.85 bits per heavy atom. The van der Waals surface area contributed by atoms with Crippen LogP contribution in [0.1, 0.15) is 51.9 Å². The molecular formula is C15H30N4O. The van der Waals surface area contributed by atoms with Crippen molar-refractivity contribution in [1.82, 2.24) is 15.5 Å². The van der Waals surface area contributed by atoms with Gasteiger partial charge < -0.3 is 15.5 Å². The highest BCUT2D eigenvalue weighted by atomic mass is 16.2. The topological polar surface area (TPSA) is 56.7 Å². The van der Waals surface area contributed by atoms with Crippen molar-refractivity contribution in [2.24, 2.45) is 4.99 Å². The van der Waals surface area contributed by atoms with Crippen LogP contribution in [0.3, 0.4) is 0 Å². The minimum absolute atomic E-state index is 0.179. The van der Waals surface area contributed by atoms with Crippen molar-refractivity contribution in [2.75, 3.05) is 33.2 Å². The molecule has 0 unspecified atom stereocenters. The van der Waals surface area contributed by atoms with Crippen LogP contribution in [0.4, 0.5) is 0 Å². The number of carbonyl (C=O) groups is 1. The molecule has 0 aromatic rings. The van der Waals surface area contributed by atoms with Crippen LogP contribution in [0.2, 0.25) is 0 Å². The molecule has 1 rings (SSSR count). The summed E-state index contributed by atoms with van der Waals surface area (Å²) in [4.78, 5) is 18.1. The van der Waals surface area contributed by atoms with E-state index in [-0.39, 0.29) is 5.91 Å². The predicted molar refractivity (Wildman–Crippen MR) is 83.9 cm³/mol. The molecule has 0 aliphatic carbocycles. The summed E-state index contributed by atoms with van der Waals surface area (Å²) in [5.41, 5.74) is 0. The predicted octanol–water partition coefficient (Wildman–Crippen LogP) is 1.74. The SMILES string of the molecule is CCCCCCNC(=NC)NCC(=O)N1CCCCC1. The smallest absolute Gasteiger partial charge is 0.241 e. The summed E-state index contributed by atoms with van der Waals surface area (Å²) < 4.78 is 0. The average molecular weight is 282 g/mol. The Labute approximate surface area is 123 Å². The highest BCUT2D eigenvalue weighted by Gasteiger charge is 2.16. The number of unbranched alkanes of at least 4 members (excludes halogenated alkanes) is 3. The van der Waals surface area contributed by atoms with Crippen LogP contribution < -0.4 is 10.6 Å². The van der Waals surface area contributed by atoms with E-state index in [2.05, 4.69) is 22.5 Å². The van der Waals surface area contributed by atoms with Gasteiger partial charge in [-0.3, -0.25) is 9.79 Å². The summed E-state index contributed by atoms with van der Waals surface area (Å²) in [5.74, 6) is 0.908. The van der Waals surface area contributed by atoms with E-state index in [1.165, 1.54) is 25.7 Å². The van der Waals surface area contributed by atoms with Gasteiger partial charge >= 0.3 is 0 Å². The van der Waals surface area contributed by atoms with Gasteiger partial charge in [-0.1, -0.05) is 26.2 Å². The Balaban J connectivity index is 2.15.